The van der Waals surface area contributed by atoms with Gasteiger partial charge in [0.15, 0.2) is 5.78 Å². The molecule has 0 atom stereocenters. The molecule has 0 spiro atoms. The van der Waals surface area contributed by atoms with Crippen molar-refractivity contribution in [2.24, 2.45) is 0 Å². The van der Waals surface area contributed by atoms with Crippen LogP contribution in [0.4, 0.5) is 4.39 Å². The van der Waals surface area contributed by atoms with E-state index in [-0.39, 0.29) is 16.3 Å². The van der Waals surface area contributed by atoms with Crippen LogP contribution in [0.25, 0.3) is 0 Å². The second-order valence-electron chi connectivity index (χ2n) is 4.33. The zero-order valence-corrected chi connectivity index (χ0v) is 10.0. The van der Waals surface area contributed by atoms with Crippen LogP contribution >= 0.6 is 11.8 Å². The Hall–Kier alpha value is -0.830. The number of thioether (sulfide) groups is 1. The van der Waals surface area contributed by atoms with Gasteiger partial charge in [-0.25, -0.2) is 4.39 Å². The number of carbonyl (C=O) groups is 1. The minimum atomic E-state index is -0.310. The Morgan fingerprint density at radius 2 is 1.80 bits per heavy atom. The molecule has 1 aromatic rings. The Morgan fingerprint density at radius 3 is 2.27 bits per heavy atom. The highest BCUT2D eigenvalue weighted by atomic mass is 32.2. The fraction of sp³-hybridized carbons (Fsp3) is 0.417. The van der Waals surface area contributed by atoms with Crippen molar-refractivity contribution in [1.82, 2.24) is 0 Å². The van der Waals surface area contributed by atoms with Gasteiger partial charge in [0.2, 0.25) is 0 Å². The summed E-state index contributed by atoms with van der Waals surface area (Å²) in [5.41, 5.74) is 0.577. The molecule has 1 aromatic carbocycles. The van der Waals surface area contributed by atoms with Gasteiger partial charge in [0, 0.05) is 10.3 Å². The number of Topliss-reactive ketones (excluding diaryl/α,β-unsaturated/α-hetero) is 1. The smallest absolute Gasteiger partial charge is 0.172 e. The Balaban J connectivity index is 2.58. The third kappa shape index (κ3) is 4.47. The van der Waals surface area contributed by atoms with Crippen molar-refractivity contribution in [3.63, 3.8) is 0 Å². The van der Waals surface area contributed by atoms with Gasteiger partial charge in [-0.2, -0.15) is 0 Å². The summed E-state index contributed by atoms with van der Waals surface area (Å²) in [4.78, 5) is 11.7. The number of rotatable bonds is 3. The molecule has 0 aliphatic carbocycles. The molecule has 0 bridgehead atoms. The summed E-state index contributed by atoms with van der Waals surface area (Å²) >= 11 is 1.60. The maximum absolute atomic E-state index is 12.6. The number of hydrogen-bond donors (Lipinski definition) is 0. The molecular formula is C12H15FOS. The fourth-order valence-corrected chi connectivity index (χ4v) is 1.73. The first-order valence-electron chi connectivity index (χ1n) is 4.81. The van der Waals surface area contributed by atoms with Crippen LogP contribution in [0.5, 0.6) is 0 Å². The van der Waals surface area contributed by atoms with Gasteiger partial charge < -0.3 is 0 Å². The van der Waals surface area contributed by atoms with E-state index in [0.29, 0.717) is 11.3 Å². The van der Waals surface area contributed by atoms with Crippen molar-refractivity contribution in [3.05, 3.63) is 35.6 Å². The lowest BCUT2D eigenvalue weighted by Gasteiger charge is -2.16. The summed E-state index contributed by atoms with van der Waals surface area (Å²) in [6.07, 6.45) is 0. The first-order valence-corrected chi connectivity index (χ1v) is 5.80. The Bertz CT molecular complexity index is 338. The number of carbonyl (C=O) groups excluding carboxylic acids is 1. The number of benzene rings is 1. The van der Waals surface area contributed by atoms with Gasteiger partial charge in [-0.05, 0) is 24.3 Å². The van der Waals surface area contributed by atoms with Gasteiger partial charge in [-0.3, -0.25) is 4.79 Å². The number of hydrogen-bond acceptors (Lipinski definition) is 2. The van der Waals surface area contributed by atoms with Crippen molar-refractivity contribution in [2.75, 3.05) is 5.75 Å². The Kier molecular flexibility index (Phi) is 3.91. The van der Waals surface area contributed by atoms with E-state index >= 15 is 0 Å². The van der Waals surface area contributed by atoms with Crippen LogP contribution in [0.2, 0.25) is 0 Å². The first kappa shape index (κ1) is 12.2. The van der Waals surface area contributed by atoms with Crippen molar-refractivity contribution < 1.29 is 9.18 Å². The molecule has 15 heavy (non-hydrogen) atoms. The highest BCUT2D eigenvalue weighted by molar-refractivity contribution is 8.01. The minimum Gasteiger partial charge on any atom is -0.293 e. The summed E-state index contributed by atoms with van der Waals surface area (Å²) < 4.78 is 12.7. The third-order valence-corrected chi connectivity index (χ3v) is 3.08. The van der Waals surface area contributed by atoms with Gasteiger partial charge in [0.1, 0.15) is 5.82 Å². The van der Waals surface area contributed by atoms with E-state index < -0.39 is 0 Å². The topological polar surface area (TPSA) is 17.1 Å². The molecule has 0 saturated carbocycles. The Morgan fingerprint density at radius 1 is 1.27 bits per heavy atom. The van der Waals surface area contributed by atoms with Crippen molar-refractivity contribution in [1.29, 1.82) is 0 Å². The van der Waals surface area contributed by atoms with Crippen LogP contribution in [0.1, 0.15) is 31.1 Å². The molecule has 82 valence electrons. The number of ketones is 1. The van der Waals surface area contributed by atoms with E-state index in [9.17, 15) is 9.18 Å². The van der Waals surface area contributed by atoms with Crippen molar-refractivity contribution in [3.8, 4) is 0 Å². The molecule has 0 unspecified atom stereocenters. The summed E-state index contributed by atoms with van der Waals surface area (Å²) in [5, 5.41) is 0. The van der Waals surface area contributed by atoms with E-state index in [0.717, 1.165) is 0 Å². The summed E-state index contributed by atoms with van der Waals surface area (Å²) in [6.45, 7) is 6.20. The van der Waals surface area contributed by atoms with Crippen LogP contribution < -0.4 is 0 Å². The minimum absolute atomic E-state index is 0.0509. The van der Waals surface area contributed by atoms with Crippen molar-refractivity contribution in [2.45, 2.75) is 25.5 Å². The van der Waals surface area contributed by atoms with E-state index in [2.05, 4.69) is 20.8 Å². The van der Waals surface area contributed by atoms with E-state index in [1.54, 1.807) is 11.8 Å². The molecule has 0 amide bonds. The lowest BCUT2D eigenvalue weighted by molar-refractivity contribution is 0.102. The first-order chi connectivity index (χ1) is 6.88. The SMILES string of the molecule is CC(C)(C)SCC(=O)c1ccc(F)cc1. The van der Waals surface area contributed by atoms with Crippen LogP contribution in [0, 0.1) is 5.82 Å². The molecule has 0 aromatic heterocycles. The van der Waals surface area contributed by atoms with Crippen LogP contribution in [-0.4, -0.2) is 16.3 Å². The van der Waals surface area contributed by atoms with Gasteiger partial charge >= 0.3 is 0 Å². The monoisotopic (exact) mass is 226 g/mol. The molecule has 1 nitrogen and oxygen atoms in total. The van der Waals surface area contributed by atoms with E-state index in [4.69, 9.17) is 0 Å². The number of halogens is 1. The predicted octanol–water partition coefficient (Wildman–Crippen LogP) is 3.54. The largest absolute Gasteiger partial charge is 0.293 e. The van der Waals surface area contributed by atoms with Crippen molar-refractivity contribution >= 4 is 17.5 Å². The van der Waals surface area contributed by atoms with Crippen LogP contribution in [0.3, 0.4) is 0 Å². The van der Waals surface area contributed by atoms with Gasteiger partial charge in [-0.15, -0.1) is 11.8 Å². The molecule has 1 rings (SSSR count). The lowest BCUT2D eigenvalue weighted by atomic mass is 10.1. The Labute approximate surface area is 94.1 Å². The highest BCUT2D eigenvalue weighted by Crippen LogP contribution is 2.23. The molecule has 0 radical (unpaired) electrons. The average molecular weight is 226 g/mol. The van der Waals surface area contributed by atoms with E-state index in [1.807, 2.05) is 0 Å². The molecule has 0 N–H and O–H groups in total. The molecular weight excluding hydrogens is 211 g/mol. The molecule has 0 aliphatic rings. The normalized spacial score (nSPS) is 11.5. The molecule has 0 saturated heterocycles. The van der Waals surface area contributed by atoms with Crippen LogP contribution in [-0.2, 0) is 0 Å². The molecule has 0 fully saturated rings. The zero-order chi connectivity index (χ0) is 11.5. The molecule has 3 heteroatoms. The zero-order valence-electron chi connectivity index (χ0n) is 9.21. The van der Waals surface area contributed by atoms with E-state index in [1.165, 1.54) is 24.3 Å². The quantitative estimate of drug-likeness (QED) is 0.733. The third-order valence-electron chi connectivity index (χ3n) is 1.80. The maximum atomic E-state index is 12.6. The second kappa shape index (κ2) is 4.79. The van der Waals surface area contributed by atoms with Crippen LogP contribution in [0.15, 0.2) is 24.3 Å². The van der Waals surface area contributed by atoms with Gasteiger partial charge in [-0.1, -0.05) is 20.8 Å². The maximum Gasteiger partial charge on any atom is 0.172 e. The summed E-state index contributed by atoms with van der Waals surface area (Å²) in [5.74, 6) is 0.180. The lowest BCUT2D eigenvalue weighted by Crippen LogP contribution is -2.13. The average Bonchev–Trinajstić information content (AvgIpc) is 2.14. The van der Waals surface area contributed by atoms with Gasteiger partial charge in [0.05, 0.1) is 5.75 Å². The molecule has 0 heterocycles. The summed E-state index contributed by atoms with van der Waals surface area (Å²) in [7, 11) is 0. The fourth-order valence-electron chi connectivity index (χ4n) is 1.00. The highest BCUT2D eigenvalue weighted by Gasteiger charge is 2.14. The van der Waals surface area contributed by atoms with Gasteiger partial charge in [0.25, 0.3) is 0 Å². The molecule has 0 aliphatic heterocycles. The summed E-state index contributed by atoms with van der Waals surface area (Å²) in [6, 6.07) is 5.69. The second-order valence-corrected chi connectivity index (χ2v) is 6.13. The predicted molar refractivity (Wildman–Crippen MR) is 62.9 cm³/mol. The standard InChI is InChI=1S/C12H15FOS/c1-12(2,3)15-8-11(14)9-4-6-10(13)7-5-9/h4-7H,8H2,1-3H3.